The number of thioether (sulfide) groups is 1. The Bertz CT molecular complexity index is 1120. The van der Waals surface area contributed by atoms with Gasteiger partial charge < -0.3 is 15.0 Å². The van der Waals surface area contributed by atoms with Crippen molar-refractivity contribution in [1.29, 1.82) is 0 Å². The number of nitrogens with one attached hydrogen (secondary N) is 1. The number of carbonyl (C=O) groups is 2. The molecule has 0 bridgehead atoms. The maximum Gasteiger partial charge on any atom is 0.243 e. The Hall–Kier alpha value is -3.32. The van der Waals surface area contributed by atoms with Gasteiger partial charge in [0.15, 0.2) is 0 Å². The van der Waals surface area contributed by atoms with E-state index in [1.807, 2.05) is 68.4 Å². The lowest BCUT2D eigenvalue weighted by Gasteiger charge is -2.32. The Balaban J connectivity index is 1.82. The van der Waals surface area contributed by atoms with Gasteiger partial charge in [0.25, 0.3) is 0 Å². The monoisotopic (exact) mass is 522 g/mol. The van der Waals surface area contributed by atoms with E-state index < -0.39 is 6.04 Å². The third kappa shape index (κ3) is 8.93. The zero-order chi connectivity index (χ0) is 26.6. The first kappa shape index (κ1) is 28.3. The summed E-state index contributed by atoms with van der Waals surface area (Å²) in [5.41, 5.74) is 2.82. The first-order chi connectivity index (χ1) is 17.9. The minimum Gasteiger partial charge on any atom is -0.497 e. The van der Waals surface area contributed by atoms with Gasteiger partial charge in [0, 0.05) is 24.8 Å². The fraction of sp³-hybridized carbons (Fsp3) is 0.333. The zero-order valence-electron chi connectivity index (χ0n) is 21.7. The van der Waals surface area contributed by atoms with Gasteiger partial charge in [-0.05, 0) is 54.3 Å². The van der Waals surface area contributed by atoms with Crippen molar-refractivity contribution in [2.24, 2.45) is 0 Å². The molecular formula is C30H35FN2O3S. The summed E-state index contributed by atoms with van der Waals surface area (Å²) in [5, 5.41) is 3.06. The molecule has 0 saturated carbocycles. The summed E-state index contributed by atoms with van der Waals surface area (Å²) in [6.07, 6.45) is 1.17. The maximum atomic E-state index is 13.6. The van der Waals surface area contributed by atoms with Gasteiger partial charge in [-0.3, -0.25) is 9.59 Å². The van der Waals surface area contributed by atoms with Crippen LogP contribution in [0.4, 0.5) is 4.39 Å². The van der Waals surface area contributed by atoms with E-state index >= 15 is 0 Å². The first-order valence-corrected chi connectivity index (χ1v) is 13.6. The van der Waals surface area contributed by atoms with Crippen LogP contribution in [0.2, 0.25) is 0 Å². The lowest BCUT2D eigenvalue weighted by Crippen LogP contribution is -2.52. The highest BCUT2D eigenvalue weighted by atomic mass is 32.2. The Morgan fingerprint density at radius 2 is 1.59 bits per heavy atom. The number of hydrogen-bond donors (Lipinski definition) is 1. The molecular weight excluding hydrogens is 487 g/mol. The van der Waals surface area contributed by atoms with Crippen molar-refractivity contribution in [1.82, 2.24) is 10.2 Å². The van der Waals surface area contributed by atoms with Crippen molar-refractivity contribution in [3.05, 3.63) is 101 Å². The Kier molecular flexibility index (Phi) is 11.0. The molecule has 0 unspecified atom stereocenters. The second-order valence-electron chi connectivity index (χ2n) is 9.01. The summed E-state index contributed by atoms with van der Waals surface area (Å²) in [4.78, 5) is 28.7. The molecule has 0 heterocycles. The molecule has 2 atom stereocenters. The third-order valence-corrected chi connectivity index (χ3v) is 7.18. The topological polar surface area (TPSA) is 58.6 Å². The highest BCUT2D eigenvalue weighted by molar-refractivity contribution is 7.99. The number of hydrogen-bond acceptors (Lipinski definition) is 4. The molecule has 0 fully saturated rings. The van der Waals surface area contributed by atoms with E-state index in [1.54, 1.807) is 24.1 Å². The van der Waals surface area contributed by atoms with Crippen molar-refractivity contribution >= 4 is 23.6 Å². The predicted molar refractivity (Wildman–Crippen MR) is 148 cm³/mol. The largest absolute Gasteiger partial charge is 0.497 e. The molecule has 0 spiro atoms. The number of carbonyl (C=O) groups excluding carboxylic acids is 2. The molecule has 2 amide bonds. The van der Waals surface area contributed by atoms with Crippen LogP contribution < -0.4 is 10.1 Å². The van der Waals surface area contributed by atoms with E-state index in [1.165, 1.54) is 23.9 Å². The van der Waals surface area contributed by atoms with Crippen LogP contribution in [0.3, 0.4) is 0 Å². The van der Waals surface area contributed by atoms with E-state index in [-0.39, 0.29) is 36.0 Å². The molecule has 0 aliphatic carbocycles. The molecule has 0 aliphatic heterocycles. The minimum absolute atomic E-state index is 0.0157. The van der Waals surface area contributed by atoms with Gasteiger partial charge in [0.1, 0.15) is 17.6 Å². The quantitative estimate of drug-likeness (QED) is 0.317. The van der Waals surface area contributed by atoms with Gasteiger partial charge in [0.2, 0.25) is 11.8 Å². The van der Waals surface area contributed by atoms with E-state index in [4.69, 9.17) is 4.74 Å². The normalized spacial score (nSPS) is 12.4. The molecule has 0 radical (unpaired) electrons. The highest BCUT2D eigenvalue weighted by Crippen LogP contribution is 2.20. The number of nitrogens with zero attached hydrogens (tertiary/aromatic N) is 1. The van der Waals surface area contributed by atoms with Crippen molar-refractivity contribution in [3.8, 4) is 5.75 Å². The second kappa shape index (κ2) is 14.4. The van der Waals surface area contributed by atoms with Crippen LogP contribution in [0.1, 0.15) is 37.0 Å². The number of benzene rings is 3. The van der Waals surface area contributed by atoms with Crippen LogP contribution in [-0.4, -0.2) is 41.7 Å². The van der Waals surface area contributed by atoms with Crippen LogP contribution in [0.25, 0.3) is 0 Å². The molecule has 3 aromatic carbocycles. The standard InChI is InChI=1S/C30H35FN2O3S/c1-4-22(2)32-30(35)28(18-23-8-6-5-7-9-23)33(19-24-10-14-26(31)15-11-24)29(34)21-37-20-25-12-16-27(36-3)17-13-25/h5-17,22,28H,4,18-21H2,1-3H3,(H,32,35)/t22-,28+/m0/s1. The molecule has 196 valence electrons. The summed E-state index contributed by atoms with van der Waals surface area (Å²) in [6.45, 7) is 4.18. The Morgan fingerprint density at radius 3 is 2.22 bits per heavy atom. The Labute approximate surface area is 223 Å². The molecule has 37 heavy (non-hydrogen) atoms. The average molecular weight is 523 g/mol. The smallest absolute Gasteiger partial charge is 0.243 e. The second-order valence-corrected chi connectivity index (χ2v) is 10.00. The fourth-order valence-electron chi connectivity index (χ4n) is 3.84. The molecule has 0 aromatic heterocycles. The van der Waals surface area contributed by atoms with Crippen molar-refractivity contribution < 1.29 is 18.7 Å². The maximum absolute atomic E-state index is 13.6. The van der Waals surface area contributed by atoms with Gasteiger partial charge in [-0.15, -0.1) is 11.8 Å². The number of ether oxygens (including phenoxy) is 1. The highest BCUT2D eigenvalue weighted by Gasteiger charge is 2.30. The summed E-state index contributed by atoms with van der Waals surface area (Å²) < 4.78 is 18.8. The summed E-state index contributed by atoms with van der Waals surface area (Å²) in [7, 11) is 1.63. The van der Waals surface area contributed by atoms with Gasteiger partial charge in [-0.1, -0.05) is 61.5 Å². The van der Waals surface area contributed by atoms with Crippen molar-refractivity contribution in [3.63, 3.8) is 0 Å². The molecule has 7 heteroatoms. The molecule has 5 nitrogen and oxygen atoms in total. The Morgan fingerprint density at radius 1 is 0.946 bits per heavy atom. The number of methoxy groups -OCH3 is 1. The molecule has 3 rings (SSSR count). The van der Waals surface area contributed by atoms with E-state index in [0.717, 1.165) is 28.9 Å². The molecule has 3 aromatic rings. The number of halogens is 1. The average Bonchev–Trinajstić information content (AvgIpc) is 2.92. The first-order valence-electron chi connectivity index (χ1n) is 12.5. The minimum atomic E-state index is -0.699. The molecule has 0 aliphatic rings. The SMILES string of the molecule is CC[C@H](C)NC(=O)[C@@H](Cc1ccccc1)N(Cc1ccc(F)cc1)C(=O)CSCc1ccc(OC)cc1. The summed E-state index contributed by atoms with van der Waals surface area (Å²) in [6, 6.07) is 22.8. The van der Waals surface area contributed by atoms with Gasteiger partial charge in [0.05, 0.1) is 12.9 Å². The van der Waals surface area contributed by atoms with Gasteiger partial charge in [-0.2, -0.15) is 0 Å². The van der Waals surface area contributed by atoms with Gasteiger partial charge >= 0.3 is 0 Å². The molecule has 1 N–H and O–H groups in total. The van der Waals surface area contributed by atoms with E-state index in [0.29, 0.717) is 12.2 Å². The zero-order valence-corrected chi connectivity index (χ0v) is 22.5. The van der Waals surface area contributed by atoms with Crippen LogP contribution in [0.15, 0.2) is 78.9 Å². The molecule has 0 saturated heterocycles. The fourth-order valence-corrected chi connectivity index (χ4v) is 4.71. The van der Waals surface area contributed by atoms with Crippen molar-refractivity contribution in [2.75, 3.05) is 12.9 Å². The van der Waals surface area contributed by atoms with Crippen LogP contribution >= 0.6 is 11.8 Å². The summed E-state index contributed by atoms with van der Waals surface area (Å²) in [5.74, 6) is 0.993. The van der Waals surface area contributed by atoms with Crippen LogP contribution in [-0.2, 0) is 28.3 Å². The van der Waals surface area contributed by atoms with Gasteiger partial charge in [-0.25, -0.2) is 4.39 Å². The van der Waals surface area contributed by atoms with E-state index in [2.05, 4.69) is 5.32 Å². The lowest BCUT2D eigenvalue weighted by molar-refractivity contribution is -0.139. The third-order valence-electron chi connectivity index (χ3n) is 6.19. The number of amides is 2. The van der Waals surface area contributed by atoms with Crippen LogP contribution in [0, 0.1) is 5.82 Å². The predicted octanol–water partition coefficient (Wildman–Crippen LogP) is 5.62. The summed E-state index contributed by atoms with van der Waals surface area (Å²) >= 11 is 1.50. The lowest BCUT2D eigenvalue weighted by atomic mass is 10.0. The number of rotatable bonds is 13. The van der Waals surface area contributed by atoms with Crippen LogP contribution in [0.5, 0.6) is 5.75 Å². The van der Waals surface area contributed by atoms with Crippen molar-refractivity contribution in [2.45, 2.75) is 51.1 Å². The van der Waals surface area contributed by atoms with E-state index in [9.17, 15) is 14.0 Å².